The monoisotopic (exact) mass is 410 g/mol. The Kier molecular flexibility index (Phi) is 4.59. The number of nitrogens with zero attached hydrogens (tertiary/aromatic N) is 1. The lowest BCUT2D eigenvalue weighted by Crippen LogP contribution is -2.28. The molecule has 1 atom stereocenters. The molecule has 4 aromatic rings. The number of nitrogens with two attached hydrogens (primary N) is 1. The summed E-state index contributed by atoms with van der Waals surface area (Å²) in [6.07, 6.45) is 0. The van der Waals surface area contributed by atoms with E-state index in [-0.39, 0.29) is 17.3 Å². The molecule has 152 valence electrons. The number of hydrogen-bond donors (Lipinski definition) is 3. The highest BCUT2D eigenvalue weighted by Crippen LogP contribution is 2.46. The summed E-state index contributed by atoms with van der Waals surface area (Å²) in [6.45, 7) is 0. The molecule has 6 heteroatoms. The van der Waals surface area contributed by atoms with E-state index in [1.807, 2.05) is 60.7 Å². The number of nitrogens with one attached hydrogen (secondary N) is 2. The third-order valence-electron chi connectivity index (χ3n) is 5.41. The molecule has 1 aromatic heterocycles. The number of H-pyrrole nitrogens is 1. The average molecular weight is 410 g/mol. The third-order valence-corrected chi connectivity index (χ3v) is 5.41. The highest BCUT2D eigenvalue weighted by atomic mass is 19.1. The van der Waals surface area contributed by atoms with Gasteiger partial charge in [-0.15, -0.1) is 0 Å². The molecule has 2 heterocycles. The standard InChI is InChI=1S/C25H19FN4O/c26-18-13-11-16(12-14-18)19-20(15-7-3-1-4-8-15)22(17-9-5-2-6-10-17)28-23-21(19)24(31)30-25(27)29-23/h1-14,19H,(H4,27,28,29,30,31). The van der Waals surface area contributed by atoms with Crippen molar-refractivity contribution in [1.29, 1.82) is 0 Å². The van der Waals surface area contributed by atoms with E-state index >= 15 is 0 Å². The largest absolute Gasteiger partial charge is 0.369 e. The van der Waals surface area contributed by atoms with Gasteiger partial charge in [-0.25, -0.2) is 4.39 Å². The maximum atomic E-state index is 13.7. The first-order chi connectivity index (χ1) is 15.1. The van der Waals surface area contributed by atoms with Crippen LogP contribution in [0.5, 0.6) is 0 Å². The summed E-state index contributed by atoms with van der Waals surface area (Å²) < 4.78 is 13.7. The highest BCUT2D eigenvalue weighted by molar-refractivity contribution is 6.02. The topological polar surface area (TPSA) is 83.8 Å². The Morgan fingerprint density at radius 1 is 0.839 bits per heavy atom. The number of aromatic nitrogens is 2. The van der Waals surface area contributed by atoms with Crippen molar-refractivity contribution in [2.24, 2.45) is 0 Å². The van der Waals surface area contributed by atoms with Crippen LogP contribution in [-0.4, -0.2) is 9.97 Å². The van der Waals surface area contributed by atoms with Crippen molar-refractivity contribution in [2.45, 2.75) is 5.92 Å². The number of aromatic amines is 1. The molecule has 0 saturated carbocycles. The van der Waals surface area contributed by atoms with E-state index < -0.39 is 5.92 Å². The Hall–Kier alpha value is -4.19. The maximum Gasteiger partial charge on any atom is 0.258 e. The molecule has 0 aliphatic carbocycles. The van der Waals surface area contributed by atoms with Crippen molar-refractivity contribution in [3.05, 3.63) is 123 Å². The quantitative estimate of drug-likeness (QED) is 0.460. The van der Waals surface area contributed by atoms with Gasteiger partial charge in [0.05, 0.1) is 11.3 Å². The van der Waals surface area contributed by atoms with Crippen LogP contribution in [0.4, 0.5) is 16.2 Å². The Balaban J connectivity index is 1.87. The molecule has 0 fully saturated rings. The molecule has 0 radical (unpaired) electrons. The minimum absolute atomic E-state index is 0.0321. The van der Waals surface area contributed by atoms with Crippen LogP contribution in [-0.2, 0) is 0 Å². The van der Waals surface area contributed by atoms with Crippen molar-refractivity contribution in [3.8, 4) is 0 Å². The molecule has 5 nitrogen and oxygen atoms in total. The van der Waals surface area contributed by atoms with Crippen LogP contribution in [0.3, 0.4) is 0 Å². The second kappa shape index (κ2) is 7.57. The van der Waals surface area contributed by atoms with Gasteiger partial charge < -0.3 is 11.1 Å². The summed E-state index contributed by atoms with van der Waals surface area (Å²) >= 11 is 0. The first kappa shape index (κ1) is 18.8. The van der Waals surface area contributed by atoms with Crippen molar-refractivity contribution in [1.82, 2.24) is 9.97 Å². The zero-order valence-electron chi connectivity index (χ0n) is 16.5. The summed E-state index contributed by atoms with van der Waals surface area (Å²) in [5.41, 5.74) is 10.4. The lowest BCUT2D eigenvalue weighted by atomic mass is 9.78. The Labute approximate surface area is 178 Å². The van der Waals surface area contributed by atoms with E-state index in [0.717, 1.165) is 28.0 Å². The number of anilines is 2. The van der Waals surface area contributed by atoms with E-state index in [1.54, 1.807) is 12.1 Å². The van der Waals surface area contributed by atoms with Crippen LogP contribution in [0.1, 0.15) is 28.2 Å². The van der Waals surface area contributed by atoms with Gasteiger partial charge in [0.2, 0.25) is 5.95 Å². The van der Waals surface area contributed by atoms with Gasteiger partial charge in [0.1, 0.15) is 11.6 Å². The SMILES string of the molecule is Nc1nc2c(c(=O)[nH]1)C(c1ccc(F)cc1)C(c1ccccc1)=C(c1ccccc1)N2. The van der Waals surface area contributed by atoms with Gasteiger partial charge in [-0.3, -0.25) is 9.78 Å². The Bertz CT molecular complexity index is 1330. The molecule has 1 aliphatic heterocycles. The van der Waals surface area contributed by atoms with E-state index in [0.29, 0.717) is 11.4 Å². The van der Waals surface area contributed by atoms with E-state index in [9.17, 15) is 9.18 Å². The fraction of sp³-hybridized carbons (Fsp3) is 0.0400. The van der Waals surface area contributed by atoms with Gasteiger partial charge >= 0.3 is 0 Å². The van der Waals surface area contributed by atoms with Crippen LogP contribution in [0.15, 0.2) is 89.7 Å². The number of allylic oxidation sites excluding steroid dienone is 1. The molecule has 4 N–H and O–H groups in total. The first-order valence-electron chi connectivity index (χ1n) is 9.89. The van der Waals surface area contributed by atoms with Crippen LogP contribution < -0.4 is 16.6 Å². The van der Waals surface area contributed by atoms with Gasteiger partial charge in [0.15, 0.2) is 0 Å². The van der Waals surface area contributed by atoms with Gasteiger partial charge in [0.25, 0.3) is 5.56 Å². The number of hydrogen-bond acceptors (Lipinski definition) is 4. The summed E-state index contributed by atoms with van der Waals surface area (Å²) in [6, 6.07) is 25.9. The average Bonchev–Trinajstić information content (AvgIpc) is 2.79. The molecule has 0 saturated heterocycles. The summed E-state index contributed by atoms with van der Waals surface area (Å²) in [7, 11) is 0. The minimum atomic E-state index is -0.466. The molecule has 5 rings (SSSR count). The molecule has 0 bridgehead atoms. The molecule has 0 spiro atoms. The summed E-state index contributed by atoms with van der Waals surface area (Å²) in [4.78, 5) is 20.0. The number of nitrogen functional groups attached to an aromatic ring is 1. The Morgan fingerprint density at radius 2 is 1.45 bits per heavy atom. The normalized spacial score (nSPS) is 15.3. The number of rotatable bonds is 3. The minimum Gasteiger partial charge on any atom is -0.369 e. The van der Waals surface area contributed by atoms with Crippen LogP contribution in [0.2, 0.25) is 0 Å². The van der Waals surface area contributed by atoms with Crippen LogP contribution in [0, 0.1) is 5.82 Å². The molecule has 3 aromatic carbocycles. The number of fused-ring (bicyclic) bond motifs is 1. The predicted octanol–water partition coefficient (Wildman–Crippen LogP) is 4.62. The molecule has 0 amide bonds. The molecular weight excluding hydrogens is 391 g/mol. The predicted molar refractivity (Wildman–Crippen MR) is 121 cm³/mol. The van der Waals surface area contributed by atoms with Crippen molar-refractivity contribution in [2.75, 3.05) is 11.1 Å². The van der Waals surface area contributed by atoms with Crippen molar-refractivity contribution >= 4 is 23.0 Å². The fourth-order valence-corrected chi connectivity index (χ4v) is 4.09. The third kappa shape index (κ3) is 3.38. The van der Waals surface area contributed by atoms with Gasteiger partial charge in [0, 0.05) is 5.92 Å². The molecular formula is C25H19FN4O. The van der Waals surface area contributed by atoms with Gasteiger partial charge in [-0.05, 0) is 34.4 Å². The zero-order valence-corrected chi connectivity index (χ0v) is 16.5. The summed E-state index contributed by atoms with van der Waals surface area (Å²) in [5, 5.41) is 3.35. The van der Waals surface area contributed by atoms with Crippen LogP contribution in [0.25, 0.3) is 11.3 Å². The Morgan fingerprint density at radius 3 is 2.10 bits per heavy atom. The number of halogens is 1. The summed E-state index contributed by atoms with van der Waals surface area (Å²) in [5.74, 6) is -0.374. The molecule has 1 aliphatic rings. The van der Waals surface area contributed by atoms with Crippen molar-refractivity contribution < 1.29 is 4.39 Å². The van der Waals surface area contributed by atoms with Gasteiger partial charge in [-0.1, -0.05) is 72.8 Å². The van der Waals surface area contributed by atoms with E-state index in [4.69, 9.17) is 5.73 Å². The lowest BCUT2D eigenvalue weighted by Gasteiger charge is -2.31. The fourth-order valence-electron chi connectivity index (χ4n) is 4.09. The smallest absolute Gasteiger partial charge is 0.258 e. The lowest BCUT2D eigenvalue weighted by molar-refractivity contribution is 0.627. The highest BCUT2D eigenvalue weighted by Gasteiger charge is 2.34. The van der Waals surface area contributed by atoms with Crippen molar-refractivity contribution in [3.63, 3.8) is 0 Å². The second-order valence-corrected chi connectivity index (χ2v) is 7.34. The van der Waals surface area contributed by atoms with Gasteiger partial charge in [-0.2, -0.15) is 4.98 Å². The maximum absolute atomic E-state index is 13.7. The van der Waals surface area contributed by atoms with E-state index in [2.05, 4.69) is 15.3 Å². The molecule has 31 heavy (non-hydrogen) atoms. The molecule has 1 unspecified atom stereocenters. The number of benzene rings is 3. The zero-order chi connectivity index (χ0) is 21.4. The second-order valence-electron chi connectivity index (χ2n) is 7.34. The van der Waals surface area contributed by atoms with E-state index in [1.165, 1.54) is 12.1 Å². The first-order valence-corrected chi connectivity index (χ1v) is 9.89. The van der Waals surface area contributed by atoms with Crippen LogP contribution >= 0.6 is 0 Å².